The van der Waals surface area contributed by atoms with Crippen molar-refractivity contribution in [1.82, 2.24) is 15.2 Å². The predicted octanol–water partition coefficient (Wildman–Crippen LogP) is 3.51. The summed E-state index contributed by atoms with van der Waals surface area (Å²) in [7, 11) is 0. The number of thiazole rings is 1. The Labute approximate surface area is 259 Å². The molecule has 4 rings (SSSR count). The average Bonchev–Trinajstić information content (AvgIpc) is 3.46. The molecule has 2 N–H and O–H groups in total. The van der Waals surface area contributed by atoms with Crippen molar-refractivity contribution in [3.8, 4) is 0 Å². The number of nitrogens with zero attached hydrogens (tertiary/aromatic N) is 4. The number of hydrogen-bond donors (Lipinski definition) is 2. The second-order valence-electron chi connectivity index (χ2n) is 9.25. The van der Waals surface area contributed by atoms with Gasteiger partial charge >= 0.3 is 5.97 Å². The summed E-state index contributed by atoms with van der Waals surface area (Å²) in [6, 6.07) is 4.48. The first-order valence-corrected chi connectivity index (χ1v) is 15.5. The third-order valence-electron chi connectivity index (χ3n) is 6.31. The highest BCUT2D eigenvalue weighted by atomic mass is 35.5. The maximum Gasteiger partial charge on any atom is 0.356 e. The lowest BCUT2D eigenvalue weighted by Crippen LogP contribution is -2.71. The number of nitro benzene ring substituents is 1. The number of carbonyl (C=O) groups excluding carboxylic acids is 4. The van der Waals surface area contributed by atoms with Crippen molar-refractivity contribution in [3.63, 3.8) is 0 Å². The first kappa shape index (κ1) is 31.9. The van der Waals surface area contributed by atoms with Crippen molar-refractivity contribution in [2.75, 3.05) is 17.7 Å². The molecule has 228 valence electrons. The van der Waals surface area contributed by atoms with Crippen LogP contribution >= 0.6 is 34.7 Å². The van der Waals surface area contributed by atoms with Crippen LogP contribution in [0.25, 0.3) is 0 Å². The molecule has 1 aromatic carbocycles. The number of halogens is 1. The van der Waals surface area contributed by atoms with Crippen LogP contribution in [0.4, 0.5) is 10.8 Å². The molecule has 17 heteroatoms. The van der Waals surface area contributed by atoms with Gasteiger partial charge in [-0.05, 0) is 30.5 Å². The summed E-state index contributed by atoms with van der Waals surface area (Å²) in [5.41, 5.74) is 0.251. The van der Waals surface area contributed by atoms with Gasteiger partial charge in [0.15, 0.2) is 10.8 Å². The number of rotatable bonds is 15. The molecule has 43 heavy (non-hydrogen) atoms. The topological polar surface area (TPSA) is 182 Å². The highest BCUT2D eigenvalue weighted by Gasteiger charge is 2.54. The molecule has 2 aromatic rings. The molecular formula is C26H27ClN6O8S2. The van der Waals surface area contributed by atoms with E-state index in [0.717, 1.165) is 37.0 Å². The summed E-state index contributed by atoms with van der Waals surface area (Å²) in [5, 5.41) is 21.2. The Bertz CT molecular complexity index is 1450. The molecule has 3 heterocycles. The maximum atomic E-state index is 13.3. The van der Waals surface area contributed by atoms with E-state index >= 15 is 0 Å². The molecule has 14 nitrogen and oxygen atoms in total. The van der Waals surface area contributed by atoms with Gasteiger partial charge < -0.3 is 20.2 Å². The van der Waals surface area contributed by atoms with Crippen LogP contribution in [0, 0.1) is 10.1 Å². The molecule has 0 radical (unpaired) electrons. The normalized spacial score (nSPS) is 18.0. The number of aromatic nitrogens is 1. The second kappa shape index (κ2) is 14.9. The standard InChI is InChI=1S/C26H27ClN6O8S2/c1-2-3-4-5-10-41-31-19(18-13-43-26(29-18)28-14-34)22(35)30-20-23(36)32-21(17(27)12-42-24(20)32)25(37)40-11-15-6-8-16(9-7-15)33(38)39/h6-9,13-14,20,24H,2-5,10-12H2,1H3,(H,30,35)(H,28,29,34)/b31-19+/t20?,24-/m1/s1. The second-order valence-corrected chi connectivity index (χ2v) is 11.7. The van der Waals surface area contributed by atoms with Crippen molar-refractivity contribution in [3.05, 3.63) is 61.7 Å². The van der Waals surface area contributed by atoms with Crippen LogP contribution in [0.1, 0.15) is 43.9 Å². The smallest absolute Gasteiger partial charge is 0.356 e. The van der Waals surface area contributed by atoms with Crippen LogP contribution in [-0.2, 0) is 35.4 Å². The molecule has 3 amide bonds. The van der Waals surface area contributed by atoms with Crippen molar-refractivity contribution in [2.24, 2.45) is 5.16 Å². The number of hydrogen-bond acceptors (Lipinski definition) is 12. The first-order chi connectivity index (χ1) is 20.7. The van der Waals surface area contributed by atoms with Gasteiger partial charge in [-0.15, -0.1) is 23.1 Å². The minimum Gasteiger partial charge on any atom is -0.456 e. The number of nitro groups is 1. The van der Waals surface area contributed by atoms with Crippen molar-refractivity contribution in [1.29, 1.82) is 0 Å². The van der Waals surface area contributed by atoms with E-state index in [-0.39, 0.29) is 51.9 Å². The van der Waals surface area contributed by atoms with E-state index in [1.807, 2.05) is 0 Å². The number of ether oxygens (including phenoxy) is 1. The van der Waals surface area contributed by atoms with Crippen LogP contribution in [0.15, 0.2) is 45.5 Å². The lowest BCUT2D eigenvalue weighted by molar-refractivity contribution is -0.384. The number of anilines is 1. The van der Waals surface area contributed by atoms with E-state index in [9.17, 15) is 29.3 Å². The predicted molar refractivity (Wildman–Crippen MR) is 159 cm³/mol. The number of amides is 3. The SMILES string of the molecule is CCCCCCO/N=C(/C(=O)NC1C(=O)N2C(C(=O)OCc3ccc([N+](=O)[O-])cc3)=C(Cl)CS[C@H]12)c1csc(NC=O)n1. The van der Waals surface area contributed by atoms with Gasteiger partial charge in [0.05, 0.1) is 9.96 Å². The zero-order chi connectivity index (χ0) is 30.9. The number of non-ortho nitro benzene ring substituents is 1. The van der Waals surface area contributed by atoms with E-state index in [4.69, 9.17) is 21.2 Å². The van der Waals surface area contributed by atoms with E-state index in [1.54, 1.807) is 0 Å². The largest absolute Gasteiger partial charge is 0.456 e. The summed E-state index contributed by atoms with van der Waals surface area (Å²) in [6.45, 7) is 2.17. The number of benzene rings is 1. The highest BCUT2D eigenvalue weighted by Crippen LogP contribution is 2.41. The van der Waals surface area contributed by atoms with Crippen LogP contribution in [0.3, 0.4) is 0 Å². The summed E-state index contributed by atoms with van der Waals surface area (Å²) in [4.78, 5) is 71.3. The van der Waals surface area contributed by atoms with Crippen LogP contribution in [0.5, 0.6) is 0 Å². The molecule has 1 unspecified atom stereocenters. The number of nitrogens with one attached hydrogen (secondary N) is 2. The molecule has 1 aromatic heterocycles. The first-order valence-electron chi connectivity index (χ1n) is 13.2. The highest BCUT2D eigenvalue weighted by molar-refractivity contribution is 8.00. The molecular weight excluding hydrogens is 624 g/mol. The Morgan fingerprint density at radius 2 is 2.05 bits per heavy atom. The fourth-order valence-electron chi connectivity index (χ4n) is 4.12. The lowest BCUT2D eigenvalue weighted by Gasteiger charge is -2.49. The maximum absolute atomic E-state index is 13.3. The van der Waals surface area contributed by atoms with E-state index in [1.165, 1.54) is 46.3 Å². The van der Waals surface area contributed by atoms with Gasteiger partial charge in [-0.2, -0.15) is 0 Å². The summed E-state index contributed by atoms with van der Waals surface area (Å²) < 4.78 is 5.34. The lowest BCUT2D eigenvalue weighted by atomic mass is 10.0. The molecule has 1 fully saturated rings. The Balaban J connectivity index is 1.42. The third kappa shape index (κ3) is 7.69. The van der Waals surface area contributed by atoms with E-state index in [2.05, 4.69) is 27.7 Å². The quantitative estimate of drug-likeness (QED) is 0.0550. The molecule has 2 aliphatic rings. The number of unbranched alkanes of at least 4 members (excludes halogenated alkanes) is 3. The number of oxime groups is 1. The van der Waals surface area contributed by atoms with E-state index < -0.39 is 34.1 Å². The molecule has 2 aliphatic heterocycles. The zero-order valence-electron chi connectivity index (χ0n) is 22.8. The summed E-state index contributed by atoms with van der Waals surface area (Å²) in [5.74, 6) is -1.95. The van der Waals surface area contributed by atoms with Crippen molar-refractivity contribution < 1.29 is 33.7 Å². The molecule has 0 aliphatic carbocycles. The average molecular weight is 651 g/mol. The van der Waals surface area contributed by atoms with Gasteiger partial charge in [0.25, 0.3) is 17.5 Å². The van der Waals surface area contributed by atoms with Gasteiger partial charge in [0.2, 0.25) is 6.41 Å². The van der Waals surface area contributed by atoms with Crippen LogP contribution < -0.4 is 10.6 Å². The molecule has 0 bridgehead atoms. The van der Waals surface area contributed by atoms with Gasteiger partial charge in [-0.3, -0.25) is 29.4 Å². The van der Waals surface area contributed by atoms with Gasteiger partial charge in [-0.25, -0.2) is 9.78 Å². The fraction of sp³-hybridized carbons (Fsp3) is 0.385. The minimum atomic E-state index is -0.999. The van der Waals surface area contributed by atoms with Crippen molar-refractivity contribution in [2.45, 2.75) is 50.6 Å². The zero-order valence-corrected chi connectivity index (χ0v) is 25.2. The Morgan fingerprint density at radius 3 is 2.74 bits per heavy atom. The molecule has 1 saturated heterocycles. The number of fused-ring (bicyclic) bond motifs is 1. The Hall–Kier alpha value is -4.02. The minimum absolute atomic E-state index is 0.105. The van der Waals surface area contributed by atoms with Gasteiger partial charge in [-0.1, -0.05) is 36.5 Å². The Kier molecular flexibility index (Phi) is 11.1. The number of β-lactam (4-membered cyclic amide) rings is 1. The van der Waals surface area contributed by atoms with E-state index in [0.29, 0.717) is 12.0 Å². The summed E-state index contributed by atoms with van der Waals surface area (Å²) in [6.07, 6.45) is 4.23. The van der Waals surface area contributed by atoms with Gasteiger partial charge in [0, 0.05) is 23.3 Å². The number of carbonyl (C=O) groups is 4. The molecule has 2 atom stereocenters. The van der Waals surface area contributed by atoms with Crippen LogP contribution in [0.2, 0.25) is 0 Å². The molecule has 0 saturated carbocycles. The third-order valence-corrected chi connectivity index (χ3v) is 8.83. The molecule has 0 spiro atoms. The number of esters is 1. The van der Waals surface area contributed by atoms with Crippen LogP contribution in [-0.4, -0.2) is 68.5 Å². The van der Waals surface area contributed by atoms with Crippen molar-refractivity contribution >= 4 is 75.4 Å². The fourth-order valence-corrected chi connectivity index (χ4v) is 6.32. The Morgan fingerprint density at radius 1 is 1.28 bits per heavy atom. The van der Waals surface area contributed by atoms with Gasteiger partial charge in [0.1, 0.15) is 36.0 Å². The monoisotopic (exact) mass is 650 g/mol. The summed E-state index contributed by atoms with van der Waals surface area (Å²) >= 11 is 8.66. The number of thioether (sulfide) groups is 1.